The zero-order valence-corrected chi connectivity index (χ0v) is 14.2. The maximum Gasteiger partial charge on any atom is 0.237 e. The first-order valence-electron chi connectivity index (χ1n) is 7.40. The van der Waals surface area contributed by atoms with Gasteiger partial charge >= 0.3 is 0 Å². The van der Waals surface area contributed by atoms with E-state index in [0.717, 1.165) is 22.7 Å². The summed E-state index contributed by atoms with van der Waals surface area (Å²) >= 11 is 1.47. The summed E-state index contributed by atoms with van der Waals surface area (Å²) in [5, 5.41) is 6.24. The molecule has 3 rings (SSSR count). The first-order valence-corrected chi connectivity index (χ1v) is 8.27. The zero-order valence-electron chi connectivity index (χ0n) is 13.4. The number of hydrogen-bond acceptors (Lipinski definition) is 4. The van der Waals surface area contributed by atoms with Crippen LogP contribution in [0.3, 0.4) is 0 Å². The molecular formula is C18H17N3O2S. The first kappa shape index (κ1) is 16.0. The molecule has 1 heterocycles. The lowest BCUT2D eigenvalue weighted by molar-refractivity contribution is -0.119. The molecule has 0 radical (unpaired) electrons. The molecule has 0 fully saturated rings. The van der Waals surface area contributed by atoms with E-state index in [2.05, 4.69) is 10.5 Å². The van der Waals surface area contributed by atoms with Crippen LogP contribution in [0.15, 0.2) is 65.1 Å². The summed E-state index contributed by atoms with van der Waals surface area (Å²) < 4.78 is 7.24. The maximum atomic E-state index is 11.2. The quantitative estimate of drug-likeness (QED) is 0.742. The monoisotopic (exact) mass is 339 g/mol. The van der Waals surface area contributed by atoms with Gasteiger partial charge in [0.15, 0.2) is 0 Å². The van der Waals surface area contributed by atoms with Crippen LogP contribution in [0.1, 0.15) is 6.92 Å². The molecule has 0 atom stereocenters. The van der Waals surface area contributed by atoms with Gasteiger partial charge in [-0.1, -0.05) is 18.2 Å². The molecule has 0 unspecified atom stereocenters. The highest BCUT2D eigenvalue weighted by Gasteiger charge is 2.10. The fourth-order valence-electron chi connectivity index (χ4n) is 2.31. The van der Waals surface area contributed by atoms with Crippen molar-refractivity contribution < 1.29 is 9.53 Å². The van der Waals surface area contributed by atoms with Crippen molar-refractivity contribution in [1.82, 2.24) is 9.99 Å². The van der Waals surface area contributed by atoms with Crippen molar-refractivity contribution in [3.63, 3.8) is 0 Å². The number of ether oxygens (including phenoxy) is 1. The Morgan fingerprint density at radius 3 is 2.46 bits per heavy atom. The standard InChI is InChI=1S/C18H17N3O2S/c1-13(22)19-20-18-21(15-6-4-3-5-7-15)17(12-24-18)14-8-10-16(23-2)11-9-14/h3-12H,1-2H3,(H,19,22). The van der Waals surface area contributed by atoms with Crippen LogP contribution >= 0.6 is 11.3 Å². The fraction of sp³-hybridized carbons (Fsp3) is 0.111. The van der Waals surface area contributed by atoms with Crippen LogP contribution in [0, 0.1) is 0 Å². The molecule has 0 bridgehead atoms. The Morgan fingerprint density at radius 2 is 1.83 bits per heavy atom. The minimum Gasteiger partial charge on any atom is -0.497 e. The molecule has 1 N–H and O–H groups in total. The number of aromatic nitrogens is 1. The van der Waals surface area contributed by atoms with Crippen molar-refractivity contribution in [2.24, 2.45) is 5.10 Å². The van der Waals surface area contributed by atoms with Crippen LogP contribution in [-0.4, -0.2) is 17.6 Å². The fourth-order valence-corrected chi connectivity index (χ4v) is 3.17. The number of hydrogen-bond donors (Lipinski definition) is 1. The molecule has 122 valence electrons. The van der Waals surface area contributed by atoms with E-state index in [0.29, 0.717) is 4.80 Å². The highest BCUT2D eigenvalue weighted by molar-refractivity contribution is 7.07. The largest absolute Gasteiger partial charge is 0.497 e. The third-order valence-corrected chi connectivity index (χ3v) is 4.24. The van der Waals surface area contributed by atoms with Crippen LogP contribution in [0.4, 0.5) is 0 Å². The van der Waals surface area contributed by atoms with E-state index in [1.807, 2.05) is 64.5 Å². The number of methoxy groups -OCH3 is 1. The Morgan fingerprint density at radius 1 is 1.12 bits per heavy atom. The summed E-state index contributed by atoms with van der Waals surface area (Å²) in [4.78, 5) is 11.9. The van der Waals surface area contributed by atoms with Crippen LogP contribution in [-0.2, 0) is 4.79 Å². The molecule has 0 aliphatic heterocycles. The zero-order chi connectivity index (χ0) is 16.9. The van der Waals surface area contributed by atoms with Gasteiger partial charge in [0.05, 0.1) is 12.8 Å². The van der Waals surface area contributed by atoms with Crippen molar-refractivity contribution in [1.29, 1.82) is 0 Å². The van der Waals surface area contributed by atoms with Crippen LogP contribution in [0.5, 0.6) is 5.75 Å². The second kappa shape index (κ2) is 7.14. The average molecular weight is 339 g/mol. The average Bonchev–Trinajstić information content (AvgIpc) is 3.04. The molecule has 2 aromatic carbocycles. The van der Waals surface area contributed by atoms with Crippen LogP contribution < -0.4 is 15.0 Å². The Balaban J connectivity index is 2.15. The summed E-state index contributed by atoms with van der Waals surface area (Å²) in [6.45, 7) is 1.44. The SMILES string of the molecule is COc1ccc(-c2csc(=NNC(C)=O)n2-c2ccccc2)cc1. The Labute approximate surface area is 143 Å². The van der Waals surface area contributed by atoms with E-state index in [-0.39, 0.29) is 5.91 Å². The lowest BCUT2D eigenvalue weighted by Crippen LogP contribution is -2.21. The highest BCUT2D eigenvalue weighted by atomic mass is 32.1. The Kier molecular flexibility index (Phi) is 4.77. The van der Waals surface area contributed by atoms with Gasteiger partial charge in [-0.05, 0) is 42.0 Å². The maximum absolute atomic E-state index is 11.2. The minimum absolute atomic E-state index is 0.200. The number of carbonyl (C=O) groups excluding carboxylic acids is 1. The van der Waals surface area contributed by atoms with Crippen LogP contribution in [0.25, 0.3) is 16.9 Å². The molecule has 0 saturated carbocycles. The summed E-state index contributed by atoms with van der Waals surface area (Å²) in [5.74, 6) is 0.609. The van der Waals surface area contributed by atoms with Gasteiger partial charge in [0.2, 0.25) is 10.7 Å². The number of para-hydroxylation sites is 1. The first-order chi connectivity index (χ1) is 11.7. The summed E-state index contributed by atoms with van der Waals surface area (Å²) in [7, 11) is 1.65. The number of amides is 1. The number of carbonyl (C=O) groups is 1. The van der Waals surface area contributed by atoms with Gasteiger partial charge in [0, 0.05) is 18.0 Å². The van der Waals surface area contributed by atoms with E-state index < -0.39 is 0 Å². The second-order valence-corrected chi connectivity index (χ2v) is 5.92. The lowest BCUT2D eigenvalue weighted by atomic mass is 10.1. The van der Waals surface area contributed by atoms with Gasteiger partial charge in [-0.25, -0.2) is 5.43 Å². The minimum atomic E-state index is -0.200. The number of rotatable bonds is 4. The van der Waals surface area contributed by atoms with Gasteiger partial charge in [-0.2, -0.15) is 0 Å². The third kappa shape index (κ3) is 3.38. The second-order valence-electron chi connectivity index (χ2n) is 5.08. The molecule has 0 spiro atoms. The molecule has 1 aromatic heterocycles. The molecule has 0 aliphatic rings. The Bertz CT molecular complexity index is 896. The molecule has 6 heteroatoms. The topological polar surface area (TPSA) is 55.6 Å². The van der Waals surface area contributed by atoms with E-state index in [4.69, 9.17) is 4.74 Å². The Hall–Kier alpha value is -2.86. The van der Waals surface area contributed by atoms with Crippen molar-refractivity contribution in [2.75, 3.05) is 7.11 Å². The van der Waals surface area contributed by atoms with Crippen molar-refractivity contribution in [3.8, 4) is 22.7 Å². The van der Waals surface area contributed by atoms with E-state index in [1.54, 1.807) is 7.11 Å². The molecule has 1 amide bonds. The van der Waals surface area contributed by atoms with Crippen molar-refractivity contribution in [3.05, 3.63) is 64.8 Å². The van der Waals surface area contributed by atoms with Gasteiger partial charge in [-0.15, -0.1) is 16.4 Å². The van der Waals surface area contributed by atoms with Crippen molar-refractivity contribution >= 4 is 17.2 Å². The molecule has 0 aliphatic carbocycles. The van der Waals surface area contributed by atoms with E-state index in [9.17, 15) is 4.79 Å². The summed E-state index contributed by atoms with van der Waals surface area (Å²) in [6, 6.07) is 17.8. The summed E-state index contributed by atoms with van der Waals surface area (Å²) in [6.07, 6.45) is 0. The predicted molar refractivity (Wildman–Crippen MR) is 95.0 cm³/mol. The van der Waals surface area contributed by atoms with Gasteiger partial charge in [-0.3, -0.25) is 9.36 Å². The van der Waals surface area contributed by atoms with E-state index >= 15 is 0 Å². The number of nitrogens with zero attached hydrogens (tertiary/aromatic N) is 2. The molecule has 0 saturated heterocycles. The highest BCUT2D eigenvalue weighted by Crippen LogP contribution is 2.25. The van der Waals surface area contributed by atoms with Crippen molar-refractivity contribution in [2.45, 2.75) is 6.92 Å². The molecule has 5 nitrogen and oxygen atoms in total. The van der Waals surface area contributed by atoms with Gasteiger partial charge < -0.3 is 4.74 Å². The van der Waals surface area contributed by atoms with Gasteiger partial charge in [0.25, 0.3) is 0 Å². The third-order valence-electron chi connectivity index (χ3n) is 3.42. The lowest BCUT2D eigenvalue weighted by Gasteiger charge is -2.09. The molecule has 3 aromatic rings. The summed E-state index contributed by atoms with van der Waals surface area (Å²) in [5.41, 5.74) is 5.53. The number of benzene rings is 2. The number of nitrogens with one attached hydrogen (secondary N) is 1. The molecular weight excluding hydrogens is 322 g/mol. The molecule has 24 heavy (non-hydrogen) atoms. The van der Waals surface area contributed by atoms with Gasteiger partial charge in [0.1, 0.15) is 5.75 Å². The predicted octanol–water partition coefficient (Wildman–Crippen LogP) is 3.17. The normalized spacial score (nSPS) is 11.3. The van der Waals surface area contributed by atoms with E-state index in [1.165, 1.54) is 18.3 Å². The van der Waals surface area contributed by atoms with Crippen LogP contribution in [0.2, 0.25) is 0 Å². The smallest absolute Gasteiger partial charge is 0.237 e. The number of thiazole rings is 1.